The van der Waals surface area contributed by atoms with E-state index in [9.17, 15) is 43.5 Å². The summed E-state index contributed by atoms with van der Waals surface area (Å²) in [5, 5.41) is 27.6. The van der Waals surface area contributed by atoms with Crippen molar-refractivity contribution in [2.75, 3.05) is 52.6 Å². The highest BCUT2D eigenvalue weighted by Gasteiger charge is 2.33. The molecular weight excluding hydrogens is 772 g/mol. The molecule has 21 heteroatoms. The minimum Gasteiger partial charge on any atom is -0.481 e. The Morgan fingerprint density at radius 2 is 1.32 bits per heavy atom. The molecule has 4 atom stereocenters. The summed E-state index contributed by atoms with van der Waals surface area (Å²) >= 11 is 0. The number of rotatable bonds is 24. The second-order valence-corrected chi connectivity index (χ2v) is 13.7. The maximum atomic E-state index is 13.9. The van der Waals surface area contributed by atoms with E-state index >= 15 is 0 Å². The number of carbonyl (C=O) groups is 8. The van der Waals surface area contributed by atoms with E-state index in [1.165, 1.54) is 0 Å². The van der Waals surface area contributed by atoms with Crippen LogP contribution in [0.25, 0.3) is 0 Å². The van der Waals surface area contributed by atoms with Crippen LogP contribution in [-0.4, -0.2) is 135 Å². The second kappa shape index (κ2) is 28.6. The molecule has 1 aliphatic rings. The first kappa shape index (κ1) is 49.3. The van der Waals surface area contributed by atoms with Crippen LogP contribution < -0.4 is 48.7 Å². The van der Waals surface area contributed by atoms with Crippen LogP contribution in [0.4, 0.5) is 0 Å². The van der Waals surface area contributed by atoms with E-state index in [2.05, 4.69) is 42.2 Å². The van der Waals surface area contributed by atoms with Gasteiger partial charge in [-0.05, 0) is 44.1 Å². The van der Waals surface area contributed by atoms with Crippen LogP contribution in [0.15, 0.2) is 35.3 Å². The fraction of sp³-hybridized carbons (Fsp3) is 0.605. The topological polar surface area (TPSA) is 324 Å². The number of amides is 7. The van der Waals surface area contributed by atoms with Crippen molar-refractivity contribution >= 4 is 53.3 Å². The molecule has 59 heavy (non-hydrogen) atoms. The van der Waals surface area contributed by atoms with Gasteiger partial charge in [-0.1, -0.05) is 37.3 Å². The number of carbonyl (C=O) groups excluding carboxylic acids is 7. The number of hydrogen-bond donors (Lipinski definition) is 10. The second-order valence-electron chi connectivity index (χ2n) is 13.7. The molecule has 0 radical (unpaired) electrons. The zero-order valence-electron chi connectivity index (χ0n) is 33.6. The van der Waals surface area contributed by atoms with Gasteiger partial charge >= 0.3 is 5.97 Å². The predicted molar refractivity (Wildman–Crippen MR) is 214 cm³/mol. The maximum Gasteiger partial charge on any atom is 0.305 e. The molecule has 0 saturated carbocycles. The first-order valence-electron chi connectivity index (χ1n) is 19.8. The number of aliphatic carboxylic acids is 1. The lowest BCUT2D eigenvalue weighted by molar-refractivity contribution is -0.141. The third-order valence-electron chi connectivity index (χ3n) is 8.71. The molecule has 12 N–H and O–H groups in total. The van der Waals surface area contributed by atoms with Gasteiger partial charge in [0.15, 0.2) is 5.96 Å². The number of ether oxygens (including phenoxy) is 2. The Balaban J connectivity index is 2.11. The maximum absolute atomic E-state index is 13.9. The number of guanidine groups is 1. The van der Waals surface area contributed by atoms with Crippen molar-refractivity contribution in [1.29, 1.82) is 0 Å². The molecular formula is C38H60N10O11. The van der Waals surface area contributed by atoms with Crippen LogP contribution in [0, 0.1) is 0 Å². The Hall–Kier alpha value is -5.83. The third kappa shape index (κ3) is 22.1. The summed E-state index contributed by atoms with van der Waals surface area (Å²) in [6.07, 6.45) is 1.57. The fourth-order valence-corrected chi connectivity index (χ4v) is 5.69. The number of nitrogens with one attached hydrogen (secondary N) is 7. The molecule has 0 spiro atoms. The van der Waals surface area contributed by atoms with E-state index < -0.39 is 72.6 Å². The van der Waals surface area contributed by atoms with Crippen molar-refractivity contribution in [2.45, 2.75) is 95.3 Å². The highest BCUT2D eigenvalue weighted by atomic mass is 16.5. The lowest BCUT2D eigenvalue weighted by Crippen LogP contribution is -2.58. The Labute approximate surface area is 343 Å². The Morgan fingerprint density at radius 1 is 0.729 bits per heavy atom. The molecule has 1 saturated heterocycles. The molecule has 21 nitrogen and oxygen atoms in total. The van der Waals surface area contributed by atoms with Crippen LogP contribution in [0.3, 0.4) is 0 Å². The van der Waals surface area contributed by atoms with Crippen molar-refractivity contribution in [2.24, 2.45) is 16.5 Å². The predicted octanol–water partition coefficient (Wildman–Crippen LogP) is -2.55. The van der Waals surface area contributed by atoms with Crippen LogP contribution in [0.1, 0.15) is 70.3 Å². The third-order valence-corrected chi connectivity index (χ3v) is 8.71. The molecule has 1 fully saturated rings. The van der Waals surface area contributed by atoms with Gasteiger partial charge < -0.3 is 63.3 Å². The molecule has 7 amide bonds. The molecule has 1 aliphatic heterocycles. The van der Waals surface area contributed by atoms with Crippen LogP contribution in [0.2, 0.25) is 0 Å². The molecule has 1 heterocycles. The zero-order valence-corrected chi connectivity index (χ0v) is 33.6. The molecule has 1 aromatic rings. The minimum absolute atomic E-state index is 0.0252. The van der Waals surface area contributed by atoms with Gasteiger partial charge in [0.1, 0.15) is 24.2 Å². The van der Waals surface area contributed by atoms with Crippen molar-refractivity contribution < 1.29 is 52.9 Å². The number of aliphatic imine (C=N–C) groups is 1. The van der Waals surface area contributed by atoms with Gasteiger partial charge in [-0.3, -0.25) is 43.3 Å². The van der Waals surface area contributed by atoms with Crippen molar-refractivity contribution in [1.82, 2.24) is 37.2 Å². The first-order chi connectivity index (χ1) is 28.3. The molecule has 2 rings (SSSR count). The molecule has 0 aromatic heterocycles. The van der Waals surface area contributed by atoms with Gasteiger partial charge in [0.05, 0.1) is 39.4 Å². The van der Waals surface area contributed by atoms with Gasteiger partial charge in [0.2, 0.25) is 41.4 Å². The summed E-state index contributed by atoms with van der Waals surface area (Å²) in [7, 11) is 0. The van der Waals surface area contributed by atoms with Crippen molar-refractivity contribution in [3.05, 3.63) is 35.9 Å². The van der Waals surface area contributed by atoms with Gasteiger partial charge in [0.25, 0.3) is 0 Å². The lowest BCUT2D eigenvalue weighted by atomic mass is 10.0. The summed E-state index contributed by atoms with van der Waals surface area (Å²) in [6.45, 7) is 3.16. The number of carboxylic acids is 1. The SMILES string of the molecule is CCCC(=O)NCCOCCOCCC(=O)NCCCC[C@@H]1NC(=O)[C@@H](Cc2ccccc2)NC(=O)[C@H](CC(=O)O)NC(=O)CNC(=O)[C@H](CCCN=C(N)N)NC1=O. The zero-order chi connectivity index (χ0) is 43.4. The van der Waals surface area contributed by atoms with E-state index in [-0.39, 0.29) is 76.2 Å². The summed E-state index contributed by atoms with van der Waals surface area (Å²) in [5.41, 5.74) is 11.5. The van der Waals surface area contributed by atoms with E-state index in [0.29, 0.717) is 44.6 Å². The molecule has 0 unspecified atom stereocenters. The van der Waals surface area contributed by atoms with Gasteiger partial charge in [0, 0.05) is 38.9 Å². The first-order valence-corrected chi connectivity index (χ1v) is 19.8. The number of hydrogen-bond acceptors (Lipinski definition) is 11. The minimum atomic E-state index is -1.60. The Bertz CT molecular complexity index is 1560. The van der Waals surface area contributed by atoms with Crippen molar-refractivity contribution in [3.63, 3.8) is 0 Å². The number of unbranched alkanes of at least 4 members (excludes halogenated alkanes) is 1. The van der Waals surface area contributed by atoms with E-state index in [1.807, 2.05) is 6.92 Å². The van der Waals surface area contributed by atoms with E-state index in [1.54, 1.807) is 30.3 Å². The lowest BCUT2D eigenvalue weighted by Gasteiger charge is -2.26. The van der Waals surface area contributed by atoms with Crippen LogP contribution in [-0.2, 0) is 54.3 Å². The fourth-order valence-electron chi connectivity index (χ4n) is 5.69. The van der Waals surface area contributed by atoms with Gasteiger partial charge in [-0.15, -0.1) is 0 Å². The summed E-state index contributed by atoms with van der Waals surface area (Å²) in [5.74, 6) is -5.95. The summed E-state index contributed by atoms with van der Waals surface area (Å²) in [6, 6.07) is 3.32. The molecule has 0 aliphatic carbocycles. The number of nitrogens with two attached hydrogens (primary N) is 2. The monoisotopic (exact) mass is 832 g/mol. The smallest absolute Gasteiger partial charge is 0.305 e. The van der Waals surface area contributed by atoms with Crippen molar-refractivity contribution in [3.8, 4) is 0 Å². The standard InChI is InChI=1S/C38H60N10O11/c1-2-9-30(49)42-17-19-59-21-20-58-18-14-31(50)41-15-7-6-12-27-35(55)46-26(13-8-16-43-38(39)40)34(54)44-24-32(51)45-29(23-33(52)53)37(57)48-28(36(56)47-27)22-25-10-4-3-5-11-25/h3-5,10-11,26-29H,2,6-9,12-24H2,1H3,(H,41,50)(H,42,49)(H,44,54)(H,45,51)(H,46,55)(H,47,56)(H,48,57)(H,52,53)(H4,39,40,43)/t26-,27-,28+,29-/m0/s1. The quantitative estimate of drug-likeness (QED) is 0.0292. The summed E-state index contributed by atoms with van der Waals surface area (Å²) in [4.78, 5) is 107. The van der Waals surface area contributed by atoms with Gasteiger partial charge in [-0.25, -0.2) is 0 Å². The number of carboxylic acid groups (broad SMARTS) is 1. The van der Waals surface area contributed by atoms with E-state index in [4.69, 9.17) is 20.9 Å². The molecule has 1 aromatic carbocycles. The van der Waals surface area contributed by atoms with Crippen LogP contribution >= 0.6 is 0 Å². The van der Waals surface area contributed by atoms with E-state index in [0.717, 1.165) is 6.42 Å². The van der Waals surface area contributed by atoms with Gasteiger partial charge in [-0.2, -0.15) is 0 Å². The summed E-state index contributed by atoms with van der Waals surface area (Å²) < 4.78 is 10.8. The number of nitrogens with zero attached hydrogens (tertiary/aromatic N) is 1. The largest absolute Gasteiger partial charge is 0.481 e. The average Bonchev–Trinajstić information content (AvgIpc) is 3.19. The Morgan fingerprint density at radius 3 is 2.00 bits per heavy atom. The highest BCUT2D eigenvalue weighted by Crippen LogP contribution is 2.09. The Kier molecular flexibility index (Phi) is 23.9. The molecule has 328 valence electrons. The van der Waals surface area contributed by atoms with Crippen LogP contribution in [0.5, 0.6) is 0 Å². The molecule has 0 bridgehead atoms. The number of benzene rings is 1. The average molecular weight is 833 g/mol. The normalized spacial score (nSPS) is 19.0. The highest BCUT2D eigenvalue weighted by molar-refractivity contribution is 5.98.